The number of fused-ring (bicyclic) bond motifs is 1. The number of carboxylic acids is 1. The van der Waals surface area contributed by atoms with E-state index in [-0.39, 0.29) is 121 Å². The zero-order chi connectivity index (χ0) is 66.3. The number of guanidine groups is 3. The fourth-order valence-corrected chi connectivity index (χ4v) is 11.7. The van der Waals surface area contributed by atoms with Crippen LogP contribution < -0.4 is 71.6 Å². The molecule has 2 saturated heterocycles. The van der Waals surface area contributed by atoms with Gasteiger partial charge in [0.05, 0.1) is 25.3 Å². The van der Waals surface area contributed by atoms with Crippen LogP contribution in [-0.4, -0.2) is 214 Å². The highest BCUT2D eigenvalue weighted by Gasteiger charge is 2.46. The maximum absolute atomic E-state index is 15.0. The van der Waals surface area contributed by atoms with Crippen LogP contribution in [0.25, 0.3) is 0 Å². The zero-order valence-electron chi connectivity index (χ0n) is 50.3. The van der Waals surface area contributed by atoms with Gasteiger partial charge in [0.25, 0.3) is 5.91 Å². The van der Waals surface area contributed by atoms with Crippen molar-refractivity contribution in [1.29, 1.82) is 0 Å². The van der Waals surface area contributed by atoms with Gasteiger partial charge < -0.3 is 102 Å². The van der Waals surface area contributed by atoms with Crippen molar-refractivity contribution in [2.45, 2.75) is 132 Å². The minimum absolute atomic E-state index is 0.0499. The summed E-state index contributed by atoms with van der Waals surface area (Å²) in [4.78, 5) is 157. The Morgan fingerprint density at radius 2 is 1.24 bits per heavy atom. The molecule has 0 radical (unpaired) electrons. The highest BCUT2D eigenvalue weighted by Crippen LogP contribution is 2.29. The highest BCUT2D eigenvalue weighted by molar-refractivity contribution is 7.09. The van der Waals surface area contributed by atoms with Crippen molar-refractivity contribution in [2.75, 3.05) is 57.3 Å². The number of aliphatic hydroxyl groups excluding tert-OH is 2. The Morgan fingerprint density at radius 3 is 1.86 bits per heavy atom. The molecule has 0 bridgehead atoms. The van der Waals surface area contributed by atoms with Gasteiger partial charge in [-0.05, 0) is 86.1 Å². The van der Waals surface area contributed by atoms with E-state index in [1.165, 1.54) is 21.1 Å². The average Bonchev–Trinajstić information content (AvgIpc) is 1.56. The van der Waals surface area contributed by atoms with Crippen LogP contribution in [0.3, 0.4) is 0 Å². The Morgan fingerprint density at radius 1 is 0.648 bits per heavy atom. The number of nitrogens with two attached hydrogens (primary N) is 7. The van der Waals surface area contributed by atoms with Gasteiger partial charge in [-0.1, -0.05) is 48.5 Å². The van der Waals surface area contributed by atoms with Gasteiger partial charge in [-0.25, -0.2) is 4.79 Å². The number of aliphatic imine (C=N–C) groups is 3. The lowest BCUT2D eigenvalue weighted by atomic mass is 9.92. The highest BCUT2D eigenvalue weighted by atomic mass is 32.1. The lowest BCUT2D eigenvalue weighted by Gasteiger charge is -2.40. The van der Waals surface area contributed by atoms with Gasteiger partial charge >= 0.3 is 5.97 Å². The fourth-order valence-electron chi connectivity index (χ4n) is 10.9. The number of hydrogen-bond donors (Lipinski definition) is 15. The number of carboxylic acid groups (broad SMARTS) is 1. The fraction of sp³-hybridized carbons (Fsp3) is 0.500. The summed E-state index contributed by atoms with van der Waals surface area (Å²) in [6.45, 7) is -2.30. The van der Waals surface area contributed by atoms with Gasteiger partial charge in [0, 0.05) is 69.1 Å². The molecule has 2 aromatic carbocycles. The van der Waals surface area contributed by atoms with E-state index in [4.69, 9.17) is 40.1 Å². The van der Waals surface area contributed by atoms with Crippen LogP contribution in [0.1, 0.15) is 73.8 Å². The molecule has 4 heterocycles. The third kappa shape index (κ3) is 20.8. The topological polar surface area (TPSA) is 524 Å². The molecule has 22 N–H and O–H groups in total. The molecule has 2 fully saturated rings. The molecule has 0 unspecified atom stereocenters. The second-order valence-corrected chi connectivity index (χ2v) is 23.2. The average molecular weight is 1290 g/mol. The van der Waals surface area contributed by atoms with Crippen molar-refractivity contribution >= 4 is 94.0 Å². The van der Waals surface area contributed by atoms with E-state index in [1.807, 2.05) is 0 Å². The number of nitrogens with one attached hydrogen (secondary N) is 5. The number of hydrogen-bond acceptors (Lipinski definition) is 17. The lowest BCUT2D eigenvalue weighted by molar-refractivity contribution is -0.148. The molecule has 6 rings (SSSR count). The Bertz CT molecular complexity index is 3120. The SMILES string of the molecule is NC(N)=NCCC[C@@H](N)C(=O)N[C@@H](CCCN=C(N)N)C(=O)N1CCC[C@H]1C(=O)N1C[C@H](O)C[C@H]1C(=O)NCC(=O)N[C@@H](Cc1cccs1)C(=O)N[C@@H](CO)C(=O)N1Cc2ccccc2C[C@@H]1C(=O)N(CC(=O)N[C@@H](CCCN=C(N)N)C(=O)O)c1ccccc1. The van der Waals surface area contributed by atoms with E-state index < -0.39 is 133 Å². The minimum Gasteiger partial charge on any atom is -0.480 e. The summed E-state index contributed by atoms with van der Waals surface area (Å²) in [5.74, 6) is -8.85. The van der Waals surface area contributed by atoms with E-state index in [1.54, 1.807) is 72.1 Å². The minimum atomic E-state index is -1.71. The Kier molecular flexibility index (Phi) is 26.8. The predicted molar refractivity (Wildman–Crippen MR) is 335 cm³/mol. The molecular formula is C58H83N19O13S. The van der Waals surface area contributed by atoms with Crippen LogP contribution >= 0.6 is 11.3 Å². The number of aliphatic carboxylic acids is 1. The van der Waals surface area contributed by atoms with E-state index >= 15 is 4.79 Å². The van der Waals surface area contributed by atoms with Crippen molar-refractivity contribution < 1.29 is 63.3 Å². The number of β-amino-alcohol motifs (C(OH)–C–C–N with tert-alkyl or cyclic N) is 1. The summed E-state index contributed by atoms with van der Waals surface area (Å²) in [7, 11) is 0. The number of aliphatic hydroxyl groups is 2. The molecule has 3 aliphatic rings. The molecule has 0 aliphatic carbocycles. The Hall–Kier alpha value is -9.47. The summed E-state index contributed by atoms with van der Waals surface area (Å²) in [6, 6.07) is 7.96. The predicted octanol–water partition coefficient (Wildman–Crippen LogP) is -5.15. The molecule has 0 spiro atoms. The molecule has 32 nitrogen and oxygen atoms in total. The van der Waals surface area contributed by atoms with Gasteiger partial charge in [-0.3, -0.25) is 58.1 Å². The van der Waals surface area contributed by atoms with Crippen LogP contribution in [0.15, 0.2) is 87.1 Å². The molecule has 494 valence electrons. The number of nitrogens with zero attached hydrogens (tertiary/aromatic N) is 7. The first-order valence-electron chi connectivity index (χ1n) is 29.7. The van der Waals surface area contributed by atoms with Crippen LogP contribution in [0.4, 0.5) is 5.69 Å². The smallest absolute Gasteiger partial charge is 0.326 e. The second kappa shape index (κ2) is 34.5. The molecule has 91 heavy (non-hydrogen) atoms. The number of carbonyl (C=O) groups excluding carboxylic acids is 9. The second-order valence-electron chi connectivity index (χ2n) is 22.1. The summed E-state index contributed by atoms with van der Waals surface area (Å²) in [5.41, 5.74) is 40.3. The van der Waals surface area contributed by atoms with E-state index in [2.05, 4.69) is 41.6 Å². The van der Waals surface area contributed by atoms with Gasteiger partial charge in [0.15, 0.2) is 17.9 Å². The zero-order valence-corrected chi connectivity index (χ0v) is 51.1. The van der Waals surface area contributed by atoms with E-state index in [0.29, 0.717) is 28.8 Å². The molecular weight excluding hydrogens is 1200 g/mol. The first-order chi connectivity index (χ1) is 43.4. The maximum Gasteiger partial charge on any atom is 0.326 e. The molecule has 9 atom stereocenters. The maximum atomic E-state index is 15.0. The number of carbonyl (C=O) groups is 10. The summed E-state index contributed by atoms with van der Waals surface area (Å²) < 4.78 is 0. The monoisotopic (exact) mass is 1290 g/mol. The van der Waals surface area contributed by atoms with Gasteiger partial charge in [-0.15, -0.1) is 11.3 Å². The first kappa shape index (κ1) is 70.6. The number of thiophene rings is 1. The van der Waals surface area contributed by atoms with Crippen LogP contribution in [0.5, 0.6) is 0 Å². The molecule has 9 amide bonds. The summed E-state index contributed by atoms with van der Waals surface area (Å²) in [5, 5.41) is 46.2. The number of likely N-dealkylation sites (tertiary alicyclic amines) is 2. The molecule has 3 aromatic rings. The van der Waals surface area contributed by atoms with Crippen molar-refractivity contribution in [3.05, 3.63) is 88.1 Å². The number of amides is 9. The van der Waals surface area contributed by atoms with Crippen molar-refractivity contribution in [2.24, 2.45) is 55.1 Å². The molecule has 33 heteroatoms. The van der Waals surface area contributed by atoms with Crippen molar-refractivity contribution in [1.82, 2.24) is 41.3 Å². The standard InChI is InChI=1S/C58H83N19O13S/c59-38(16-6-20-66-56(60)61)48(82)72-39(17-7-21-67-57(62)63)51(85)74-23-9-19-43(74)53(87)77-30-36(79)26-44(77)50(84)69-28-46(80)71-41(27-37-15-10-24-91-37)49(83)73-42(32-78)52(86)76-29-34-12-5-4-11-33(34)25-45(76)54(88)75(35-13-2-1-3-14-35)31-47(81)70-40(55(89)90)18-8-22-68-58(64)65/h1-5,10-15,24,36,38-45,78-79H,6-9,16-23,25-32,59H2,(H,69,84)(H,70,81)(H,71,80)(H,72,82)(H,73,83)(H,89,90)(H4,60,61,66)(H4,62,63,67)(H4,64,65,68)/t36-,38-,39+,40+,41+,42+,43+,44+,45-/m1/s1. The third-order valence-corrected chi connectivity index (χ3v) is 16.3. The van der Waals surface area contributed by atoms with Crippen LogP contribution in [-0.2, 0) is 67.3 Å². The Labute approximate surface area is 528 Å². The van der Waals surface area contributed by atoms with Gasteiger partial charge in [-0.2, -0.15) is 0 Å². The van der Waals surface area contributed by atoms with Gasteiger partial charge in [0.1, 0.15) is 48.8 Å². The quantitative estimate of drug-likeness (QED) is 0.0158. The molecule has 1 aromatic heterocycles. The van der Waals surface area contributed by atoms with Crippen molar-refractivity contribution in [3.63, 3.8) is 0 Å². The van der Waals surface area contributed by atoms with Crippen LogP contribution in [0.2, 0.25) is 0 Å². The van der Waals surface area contributed by atoms with Crippen molar-refractivity contribution in [3.8, 4) is 0 Å². The first-order valence-corrected chi connectivity index (χ1v) is 30.6. The number of para-hydroxylation sites is 1. The summed E-state index contributed by atoms with van der Waals surface area (Å²) in [6.07, 6.45) is -0.00311. The summed E-state index contributed by atoms with van der Waals surface area (Å²) >= 11 is 1.25. The number of anilines is 1. The van der Waals surface area contributed by atoms with Crippen LogP contribution in [0, 0.1) is 0 Å². The number of benzene rings is 2. The largest absolute Gasteiger partial charge is 0.480 e. The normalized spacial score (nSPS) is 18.3. The van der Waals surface area contributed by atoms with E-state index in [0.717, 1.165) is 9.80 Å². The lowest BCUT2D eigenvalue weighted by Crippen LogP contribution is -2.61. The molecule has 0 saturated carbocycles. The van der Waals surface area contributed by atoms with E-state index in [9.17, 15) is 58.5 Å². The Balaban J connectivity index is 1.14. The third-order valence-electron chi connectivity index (χ3n) is 15.4. The van der Waals surface area contributed by atoms with Gasteiger partial charge in [0.2, 0.25) is 47.3 Å². The molecule has 3 aliphatic heterocycles. The number of rotatable bonds is 32.